The topological polar surface area (TPSA) is 336 Å². The van der Waals surface area contributed by atoms with Crippen LogP contribution in [0, 0.1) is 132 Å². The molecule has 4 atom stereocenters. The van der Waals surface area contributed by atoms with Crippen LogP contribution in [0.15, 0.2) is 48.6 Å². The van der Waals surface area contributed by atoms with E-state index in [0.29, 0.717) is 43.0 Å². The van der Waals surface area contributed by atoms with Crippen LogP contribution in [0.1, 0.15) is 407 Å². The molecule has 4 N–H and O–H groups in total. The summed E-state index contributed by atoms with van der Waals surface area (Å²) in [5.41, 5.74) is -3.84. The zero-order chi connectivity index (χ0) is 120. The van der Waals surface area contributed by atoms with Crippen molar-refractivity contribution in [3.63, 3.8) is 0 Å². The lowest BCUT2D eigenvalue weighted by atomic mass is 9.87. The normalized spacial score (nSPS) is 16.0. The molecular weight excluding hydrogens is 1850 g/mol. The third-order valence-corrected chi connectivity index (χ3v) is 18.8. The number of terminal acetylenes is 2. The van der Waals surface area contributed by atoms with Crippen molar-refractivity contribution in [1.82, 2.24) is 31.1 Å². The first-order valence-electron chi connectivity index (χ1n) is 52.1. The first kappa shape index (κ1) is 152. The van der Waals surface area contributed by atoms with Gasteiger partial charge in [-0.05, 0) is 215 Å². The van der Waals surface area contributed by atoms with E-state index in [0.717, 1.165) is 32.4 Å². The van der Waals surface area contributed by atoms with Gasteiger partial charge >= 0.3 is 0 Å². The number of ketones is 11. The summed E-state index contributed by atoms with van der Waals surface area (Å²) in [6.07, 6.45) is 29.2. The predicted molar refractivity (Wildman–Crippen MR) is 602 cm³/mol. The molecule has 1 saturated carbocycles. The highest BCUT2D eigenvalue weighted by Crippen LogP contribution is 2.43. The Bertz CT molecular complexity index is 4440. The van der Waals surface area contributed by atoms with Gasteiger partial charge in [-0.25, -0.2) is 8.78 Å². The number of allylic oxidation sites excluding steroid dienone is 6. The standard InChI is InChI=1S/C13H23NO.C11H19NO.2C9H16O.C9H14O.C8H14O.C8H12O.C7H13NO2.2C7H11NO.C7H12O2.C7H14O.C7H10O.C6H12FNO.C6H11FO/c1-13(2,3)12(15)8-7-11-14-9-5-4-6-10-14;1-11(2,3)10(13)6-4-7-12-8-5-9-12;1-6-5-7(6)8(10)9(2,3)4;2*1-5-6-7-8(10)9(2,3)4;2*1-5-6-7(9)8(2,3)4;1-7(2,3)8-6(9)5-4-10-5;1-5-6(9)8-7(2,3)4;1-4-5-7(9)8-6(2)3;1-7(2,3)6(8)5-4-9-5;2*1-5-6(8)7(2,3)4;1-6(2,3)8-5(9)4-7;1-6(2,3)5(8)4-7/h7-8H,4-6,9-11H2,1-3H3;4,6H,5,7-9H2,1-3H3;2*6-7H,5H2,1-4H3;5H2,1-4H3;5-6H,1-4H3;1-4H3;5H,4H2,1-3H3,(H,8,9);1H,2-4H3,(H,8,9);6H,1-3H3,(H,8,9);5H,4H2,1-3H3;5H2,1-4H3;1H,2-4H3;4H2,1-3H3,(H,8,9);4H2,1-3H3/b8-7+;6-4+;;7-6+;;6-5+;;;;;;;;;/i;;;;;5D,6D;;;;;;;;;. The van der Waals surface area contributed by atoms with Crippen LogP contribution in [0.4, 0.5) is 8.78 Å². The Morgan fingerprint density at radius 3 is 0.925 bits per heavy atom. The van der Waals surface area contributed by atoms with Crippen molar-refractivity contribution in [3.8, 4) is 60.2 Å². The number of nitrogens with zero attached hydrogens (tertiary/aromatic N) is 2. The van der Waals surface area contributed by atoms with Crippen molar-refractivity contribution in [1.29, 1.82) is 0 Å². The maximum atomic E-state index is 11.6. The minimum absolute atomic E-state index is 0.00463. The number of hydrogen-bond acceptors (Lipinski definition) is 19. The maximum absolute atomic E-state index is 11.6. The number of amides is 4. The number of nitrogens with one attached hydrogen (secondary N) is 4. The van der Waals surface area contributed by atoms with E-state index >= 15 is 0 Å². The highest BCUT2D eigenvalue weighted by molar-refractivity contribution is 6.01. The summed E-state index contributed by atoms with van der Waals surface area (Å²) >= 11 is 0. The number of alkyl halides is 2. The summed E-state index contributed by atoms with van der Waals surface area (Å²) in [5.74, 6) is 20.2. The van der Waals surface area contributed by atoms with Gasteiger partial charge in [-0.15, -0.1) is 12.8 Å². The Kier molecular flexibility index (Phi) is 78.5. The van der Waals surface area contributed by atoms with E-state index in [1.165, 1.54) is 58.8 Å². The van der Waals surface area contributed by atoms with Gasteiger partial charge in [0.05, 0.1) is 16.0 Å². The van der Waals surface area contributed by atoms with Crippen molar-refractivity contribution >= 4 is 87.2 Å². The predicted octanol–water partition coefficient (Wildman–Crippen LogP) is 23.2. The molecule has 5 aliphatic rings. The fourth-order valence-corrected chi connectivity index (χ4v) is 9.02. The first-order chi connectivity index (χ1) is 66.2. The molecule has 4 aliphatic heterocycles. The molecule has 23 nitrogen and oxygen atoms in total. The van der Waals surface area contributed by atoms with E-state index < -0.39 is 30.1 Å². The molecule has 0 aromatic rings. The van der Waals surface area contributed by atoms with Gasteiger partial charge in [0, 0.05) is 114 Å². The molecule has 1 aliphatic carbocycles. The molecule has 5 fully saturated rings. The molecule has 25 heteroatoms. The lowest BCUT2D eigenvalue weighted by molar-refractivity contribution is -0.128. The average Bonchev–Trinajstić information content (AvgIpc) is 1.67. The van der Waals surface area contributed by atoms with Crippen molar-refractivity contribution in [2.75, 3.05) is 65.8 Å². The van der Waals surface area contributed by atoms with E-state index in [1.54, 1.807) is 115 Å². The summed E-state index contributed by atoms with van der Waals surface area (Å²) in [6.45, 7) is 102. The highest BCUT2D eigenvalue weighted by atomic mass is 19.1. The summed E-state index contributed by atoms with van der Waals surface area (Å²) in [6, 6.07) is 0.0285. The first-order valence-corrected chi connectivity index (χ1v) is 51.1. The van der Waals surface area contributed by atoms with Gasteiger partial charge < -0.3 is 30.7 Å². The number of Topliss-reactive ketones (excluding diaryl/α,β-unsaturated/α-hetero) is 7. The summed E-state index contributed by atoms with van der Waals surface area (Å²) in [4.78, 5) is 169. The van der Waals surface area contributed by atoms with Crippen LogP contribution in [0.25, 0.3) is 0 Å². The minimum atomic E-state index is -0.933. The monoisotopic (exact) mass is 2060 g/mol. The molecule has 0 aromatic carbocycles. The molecule has 838 valence electrons. The van der Waals surface area contributed by atoms with E-state index in [1.807, 2.05) is 266 Å². The molecule has 0 aromatic heterocycles. The second-order valence-electron chi connectivity index (χ2n) is 50.4. The largest absolute Gasteiger partial charge is 0.365 e. The number of hydrogen-bond donors (Lipinski definition) is 4. The average molecular weight is 2060 g/mol. The van der Waals surface area contributed by atoms with Crippen LogP contribution in [-0.2, 0) is 81.4 Å². The Balaban J connectivity index is -0.000000173. The quantitative estimate of drug-likeness (QED) is 0.0483. The molecule has 0 bridgehead atoms. The molecule has 146 heavy (non-hydrogen) atoms. The van der Waals surface area contributed by atoms with Gasteiger partial charge in [-0.3, -0.25) is 81.7 Å². The van der Waals surface area contributed by atoms with E-state index in [-0.39, 0.29) is 165 Å². The van der Waals surface area contributed by atoms with Crippen molar-refractivity contribution in [3.05, 3.63) is 48.6 Å². The lowest BCUT2D eigenvalue weighted by Crippen LogP contribution is -2.42. The van der Waals surface area contributed by atoms with Gasteiger partial charge in [-0.1, -0.05) is 305 Å². The maximum Gasteiger partial charge on any atom is 0.296 e. The zero-order valence-corrected chi connectivity index (χ0v) is 101. The molecule has 0 radical (unpaired) electrons. The number of piperidine rings is 1. The number of halogens is 2. The Morgan fingerprint density at radius 2 is 0.753 bits per heavy atom. The van der Waals surface area contributed by atoms with Crippen LogP contribution < -0.4 is 21.3 Å². The van der Waals surface area contributed by atoms with Crippen LogP contribution in [-0.4, -0.2) is 198 Å². The van der Waals surface area contributed by atoms with E-state index in [4.69, 9.17) is 25.1 Å². The Hall–Kier alpha value is -9.29. The third kappa shape index (κ3) is 103. The smallest absolute Gasteiger partial charge is 0.296 e. The SMILES string of the molecule is C#CC(=O)C(C)(C)C.C#CC(=O)NC(C)(C)C.CC#CC(=O)C(C)(C)C.CC#CC(=O)NC(C)C.CC(C)(C)C(=O)/C=C/CN1CCC1.CC(C)(C)C(=O)/C=C/CN1CCCCC1.CC(C)(C)C(=O)C1CO1.CC(C)(C)C(=O)CF.CC(C)(C)NC(=O)C1CO1.CC(C)(C)NC(=O)CF.CC/C=C/C(=O)C(C)(C)C.CC1CC1C(=O)C(C)(C)C.CCC#CC(=O)C(C)(C)C.CCC(=O)C(C)(C)C.[2H]/C(C)=C(/[2H])C(=O)C(C)(C)C. The Labute approximate surface area is 891 Å². The second-order valence-corrected chi connectivity index (χ2v) is 50.4. The molecule has 4 amide bonds. The fraction of sp³-hybridized carbons (Fsp3) is 0.727. The summed E-state index contributed by atoms with van der Waals surface area (Å²) in [5, 5.41) is 10.5. The molecular formula is C121H208F2N6O17. The fourth-order valence-electron chi connectivity index (χ4n) is 9.02. The molecule has 4 heterocycles. The Morgan fingerprint density at radius 1 is 0.411 bits per heavy atom. The van der Waals surface area contributed by atoms with Gasteiger partial charge in [0.15, 0.2) is 47.5 Å². The zero-order valence-electron chi connectivity index (χ0n) is 103. The number of likely N-dealkylation sites (tertiary alicyclic amines) is 2. The van der Waals surface area contributed by atoms with Crippen molar-refractivity contribution in [2.24, 2.45) is 71.4 Å². The van der Waals surface area contributed by atoms with Crippen LogP contribution >= 0.6 is 0 Å². The molecule has 5 rings (SSSR count). The summed E-state index contributed by atoms with van der Waals surface area (Å²) in [7, 11) is 0. The number of carbonyl (C=O) groups is 15. The van der Waals surface area contributed by atoms with Crippen LogP contribution in [0.3, 0.4) is 0 Å². The minimum Gasteiger partial charge on any atom is -0.365 e. The van der Waals surface area contributed by atoms with E-state index in [2.05, 4.69) is 79.4 Å². The number of epoxide rings is 2. The number of carbonyl (C=O) groups excluding carboxylic acids is 15. The van der Waals surface area contributed by atoms with Gasteiger partial charge in [0.2, 0.25) is 17.3 Å². The van der Waals surface area contributed by atoms with Crippen molar-refractivity contribution < 1.29 is 92.9 Å². The highest BCUT2D eigenvalue weighted by Gasteiger charge is 2.44. The lowest BCUT2D eigenvalue weighted by Gasteiger charge is -2.29. The molecule has 4 unspecified atom stereocenters. The number of ether oxygens (including phenoxy) is 2. The van der Waals surface area contributed by atoms with Crippen LogP contribution in [0.2, 0.25) is 0 Å². The van der Waals surface area contributed by atoms with Gasteiger partial charge in [0.25, 0.3) is 23.6 Å². The third-order valence-electron chi connectivity index (χ3n) is 18.8. The second kappa shape index (κ2) is 75.4. The van der Waals surface area contributed by atoms with Gasteiger partial charge in [0.1, 0.15) is 24.3 Å². The van der Waals surface area contributed by atoms with Crippen molar-refractivity contribution in [2.45, 2.75) is 439 Å². The molecule has 0 spiro atoms. The summed E-state index contributed by atoms with van der Waals surface area (Å²) < 4.78 is 47.0. The molecule has 4 saturated heterocycles. The van der Waals surface area contributed by atoms with E-state index in [9.17, 15) is 80.7 Å². The van der Waals surface area contributed by atoms with Gasteiger partial charge in [-0.2, -0.15) is 0 Å². The number of rotatable bonds is 16. The van der Waals surface area contributed by atoms with Crippen LogP contribution in [0.5, 0.6) is 0 Å².